The van der Waals surface area contributed by atoms with Crippen molar-refractivity contribution in [1.29, 1.82) is 0 Å². The molecular weight excluding hydrogens is 252 g/mol. The van der Waals surface area contributed by atoms with Crippen LogP contribution in [0.5, 0.6) is 0 Å². The third-order valence-electron chi connectivity index (χ3n) is 1.78. The first-order chi connectivity index (χ1) is 8.67. The Morgan fingerprint density at radius 2 is 1.47 bits per heavy atom. The Kier molecular flexibility index (Phi) is 19.9. The molecule has 2 atom stereocenters. The van der Waals surface area contributed by atoms with Gasteiger partial charge in [-0.25, -0.2) is 0 Å². The average Bonchev–Trinajstić information content (AvgIpc) is 2.27. The van der Waals surface area contributed by atoms with Crippen molar-refractivity contribution in [2.45, 2.75) is 58.7 Å². The van der Waals surface area contributed by atoms with Gasteiger partial charge in [-0.2, -0.15) is 0 Å². The van der Waals surface area contributed by atoms with Crippen molar-refractivity contribution in [2.75, 3.05) is 0 Å². The van der Waals surface area contributed by atoms with Crippen LogP contribution in [0.1, 0.15) is 46.5 Å². The van der Waals surface area contributed by atoms with E-state index in [0.29, 0.717) is 6.42 Å². The number of hydrogen-bond donors (Lipinski definition) is 4. The number of aliphatic hydroxyl groups is 2. The number of rotatable bonds is 6. The summed E-state index contributed by atoms with van der Waals surface area (Å²) in [5.41, 5.74) is 0. The highest BCUT2D eigenvalue weighted by atomic mass is 16.4. The van der Waals surface area contributed by atoms with Gasteiger partial charge in [-0.05, 0) is 25.7 Å². The summed E-state index contributed by atoms with van der Waals surface area (Å²) in [6, 6.07) is 0. The quantitative estimate of drug-likeness (QED) is 0.549. The lowest BCUT2D eigenvalue weighted by molar-refractivity contribution is -0.135. The molecular formula is C13H26O6. The van der Waals surface area contributed by atoms with E-state index in [4.69, 9.17) is 30.0 Å². The molecule has 6 nitrogen and oxygen atoms in total. The Hall–Kier alpha value is -1.40. The predicted octanol–water partition coefficient (Wildman–Crippen LogP) is 1.66. The van der Waals surface area contributed by atoms with Gasteiger partial charge in [0, 0.05) is 13.8 Å². The summed E-state index contributed by atoms with van der Waals surface area (Å²) < 4.78 is 0. The number of aliphatic hydroxyl groups excluding tert-OH is 2. The van der Waals surface area contributed by atoms with E-state index in [1.165, 1.54) is 6.08 Å². The summed E-state index contributed by atoms with van der Waals surface area (Å²) in [4.78, 5) is 18.0. The van der Waals surface area contributed by atoms with Gasteiger partial charge >= 0.3 is 0 Å². The molecule has 2 unspecified atom stereocenters. The maximum atomic E-state index is 9.14. The molecule has 0 aliphatic heterocycles. The molecule has 0 rings (SSSR count). The van der Waals surface area contributed by atoms with Gasteiger partial charge in [0.05, 0.1) is 12.2 Å². The largest absolute Gasteiger partial charge is 0.481 e. The fourth-order valence-electron chi connectivity index (χ4n) is 0.885. The Morgan fingerprint density at radius 1 is 1.11 bits per heavy atom. The van der Waals surface area contributed by atoms with Gasteiger partial charge in [-0.15, -0.1) is 6.58 Å². The molecule has 0 fully saturated rings. The Morgan fingerprint density at radius 3 is 1.74 bits per heavy atom. The molecule has 0 saturated carbocycles. The molecule has 114 valence electrons. The monoisotopic (exact) mass is 278 g/mol. The Bertz CT molecular complexity index is 219. The molecule has 0 aliphatic rings. The summed E-state index contributed by atoms with van der Waals surface area (Å²) >= 11 is 0. The van der Waals surface area contributed by atoms with Gasteiger partial charge in [-0.3, -0.25) is 9.59 Å². The summed E-state index contributed by atoms with van der Waals surface area (Å²) in [7, 11) is 0. The molecule has 0 saturated heterocycles. The minimum absolute atomic E-state index is 0.202. The van der Waals surface area contributed by atoms with Crippen LogP contribution < -0.4 is 0 Å². The zero-order valence-corrected chi connectivity index (χ0v) is 11.9. The third-order valence-corrected chi connectivity index (χ3v) is 1.78. The molecule has 0 aromatic carbocycles. The lowest BCUT2D eigenvalue weighted by Gasteiger charge is -2.08. The van der Waals surface area contributed by atoms with E-state index in [0.717, 1.165) is 33.1 Å². The van der Waals surface area contributed by atoms with Crippen LogP contribution in [0.2, 0.25) is 0 Å². The van der Waals surface area contributed by atoms with Crippen molar-refractivity contribution in [3.63, 3.8) is 0 Å². The number of hydrogen-bond acceptors (Lipinski definition) is 4. The van der Waals surface area contributed by atoms with Crippen LogP contribution in [0.15, 0.2) is 12.7 Å². The third kappa shape index (κ3) is 47.8. The Labute approximate surface area is 114 Å². The summed E-state index contributed by atoms with van der Waals surface area (Å²) in [6.07, 6.45) is 4.07. The summed E-state index contributed by atoms with van der Waals surface area (Å²) in [5, 5.41) is 33.0. The second-order valence-electron chi connectivity index (χ2n) is 3.83. The number of carboxylic acid groups (broad SMARTS) is 2. The van der Waals surface area contributed by atoms with Crippen molar-refractivity contribution in [3.8, 4) is 0 Å². The number of carbonyl (C=O) groups is 2. The summed E-state index contributed by atoms with van der Waals surface area (Å²) in [5.74, 6) is -1.67. The second kappa shape index (κ2) is 16.6. The van der Waals surface area contributed by atoms with Crippen LogP contribution in [-0.2, 0) is 9.59 Å². The van der Waals surface area contributed by atoms with Gasteiger partial charge < -0.3 is 20.4 Å². The van der Waals surface area contributed by atoms with Crippen molar-refractivity contribution >= 4 is 11.9 Å². The van der Waals surface area contributed by atoms with E-state index in [1.54, 1.807) is 0 Å². The first-order valence-electron chi connectivity index (χ1n) is 6.05. The maximum Gasteiger partial charge on any atom is 0.300 e. The van der Waals surface area contributed by atoms with Crippen LogP contribution in [0, 0.1) is 0 Å². The van der Waals surface area contributed by atoms with Crippen LogP contribution in [0.4, 0.5) is 0 Å². The molecule has 0 spiro atoms. The lowest BCUT2D eigenvalue weighted by Crippen LogP contribution is -2.07. The summed E-state index contributed by atoms with van der Waals surface area (Å²) in [6.45, 7) is 7.59. The molecule has 0 amide bonds. The standard InChI is InChI=1S/C9H18O2.2C2H4O2/c1-3-8(10)6-5-7-9(11)4-2;2*1-2(3)4/h3,8-11H,1,4-7H2,2H3;2*1H3,(H,3,4). The van der Waals surface area contributed by atoms with Crippen molar-refractivity contribution < 1.29 is 30.0 Å². The fourth-order valence-corrected chi connectivity index (χ4v) is 0.885. The van der Waals surface area contributed by atoms with Gasteiger partial charge in [0.25, 0.3) is 11.9 Å². The molecule has 19 heavy (non-hydrogen) atoms. The SMILES string of the molecule is C=CC(O)CCCC(O)CC.CC(=O)O.CC(=O)O. The molecule has 0 aromatic heterocycles. The normalized spacial score (nSPS) is 11.8. The first kappa shape index (κ1) is 22.8. The van der Waals surface area contributed by atoms with Gasteiger partial charge in [0.15, 0.2) is 0 Å². The highest BCUT2D eigenvalue weighted by Crippen LogP contribution is 2.06. The second-order valence-corrected chi connectivity index (χ2v) is 3.83. The molecule has 0 aromatic rings. The zero-order chi connectivity index (χ0) is 15.8. The molecule has 0 bridgehead atoms. The minimum atomic E-state index is -0.833. The molecule has 0 heterocycles. The van der Waals surface area contributed by atoms with E-state index in [1.807, 2.05) is 6.92 Å². The van der Waals surface area contributed by atoms with E-state index in [9.17, 15) is 0 Å². The molecule has 6 heteroatoms. The lowest BCUT2D eigenvalue weighted by atomic mass is 10.1. The van der Waals surface area contributed by atoms with Crippen LogP contribution in [-0.4, -0.2) is 44.6 Å². The van der Waals surface area contributed by atoms with Gasteiger partial charge in [0.2, 0.25) is 0 Å². The highest BCUT2D eigenvalue weighted by Gasteiger charge is 2.02. The van der Waals surface area contributed by atoms with E-state index < -0.39 is 18.0 Å². The van der Waals surface area contributed by atoms with Crippen molar-refractivity contribution in [1.82, 2.24) is 0 Å². The maximum absolute atomic E-state index is 9.14. The smallest absolute Gasteiger partial charge is 0.300 e. The van der Waals surface area contributed by atoms with Crippen molar-refractivity contribution in [2.24, 2.45) is 0 Å². The molecule has 0 aliphatic carbocycles. The first-order valence-corrected chi connectivity index (χ1v) is 6.05. The van der Waals surface area contributed by atoms with Crippen LogP contribution in [0.3, 0.4) is 0 Å². The van der Waals surface area contributed by atoms with Gasteiger partial charge in [0.1, 0.15) is 0 Å². The average molecular weight is 278 g/mol. The highest BCUT2D eigenvalue weighted by molar-refractivity contribution is 5.63. The van der Waals surface area contributed by atoms with Gasteiger partial charge in [-0.1, -0.05) is 13.0 Å². The van der Waals surface area contributed by atoms with E-state index in [2.05, 4.69) is 6.58 Å². The van der Waals surface area contributed by atoms with Crippen LogP contribution >= 0.6 is 0 Å². The van der Waals surface area contributed by atoms with E-state index >= 15 is 0 Å². The fraction of sp³-hybridized carbons (Fsp3) is 0.692. The van der Waals surface area contributed by atoms with Crippen LogP contribution in [0.25, 0.3) is 0 Å². The molecule has 4 N–H and O–H groups in total. The zero-order valence-electron chi connectivity index (χ0n) is 11.9. The topological polar surface area (TPSA) is 115 Å². The van der Waals surface area contributed by atoms with E-state index in [-0.39, 0.29) is 6.10 Å². The Balaban J connectivity index is -0.000000264. The van der Waals surface area contributed by atoms with Crippen molar-refractivity contribution in [3.05, 3.63) is 12.7 Å². The molecule has 0 radical (unpaired) electrons. The number of carboxylic acids is 2. The predicted molar refractivity (Wildman–Crippen MR) is 73.0 cm³/mol. The number of aliphatic carboxylic acids is 2. The minimum Gasteiger partial charge on any atom is -0.481 e.